The predicted molar refractivity (Wildman–Crippen MR) is 67.7 cm³/mol. The fraction of sp³-hybridized carbons (Fsp3) is 0.571. The Hall–Kier alpha value is -1.16. The molecule has 2 saturated heterocycles. The average Bonchev–Trinajstić information content (AvgIpc) is 2.27. The number of rotatable bonds is 1. The Morgan fingerprint density at radius 3 is 2.61 bits per heavy atom. The van der Waals surface area contributed by atoms with E-state index in [9.17, 15) is 8.78 Å². The van der Waals surface area contributed by atoms with Gasteiger partial charge in [-0.1, -0.05) is 0 Å². The van der Waals surface area contributed by atoms with Gasteiger partial charge < -0.3 is 9.80 Å². The Labute approximate surface area is 106 Å². The van der Waals surface area contributed by atoms with Gasteiger partial charge in [-0.05, 0) is 32.0 Å². The first-order valence-electron chi connectivity index (χ1n) is 6.47. The molecule has 0 aromatic heterocycles. The van der Waals surface area contributed by atoms with Crippen molar-refractivity contribution in [3.8, 4) is 0 Å². The molecule has 0 amide bonds. The van der Waals surface area contributed by atoms with Crippen molar-refractivity contribution in [3.05, 3.63) is 29.8 Å². The van der Waals surface area contributed by atoms with Crippen molar-refractivity contribution < 1.29 is 8.78 Å². The number of benzene rings is 1. The summed E-state index contributed by atoms with van der Waals surface area (Å²) in [6.45, 7) is 3.94. The van der Waals surface area contributed by atoms with Gasteiger partial charge in [0.1, 0.15) is 11.6 Å². The maximum Gasteiger partial charge on any atom is 0.149 e. The van der Waals surface area contributed by atoms with Crippen LogP contribution in [-0.2, 0) is 0 Å². The molecule has 2 aliphatic rings. The minimum Gasteiger partial charge on any atom is -0.369 e. The molecule has 0 atom stereocenters. The monoisotopic (exact) mass is 252 g/mol. The van der Waals surface area contributed by atoms with Crippen molar-refractivity contribution in [2.24, 2.45) is 5.41 Å². The molecule has 2 aliphatic heterocycles. The lowest BCUT2D eigenvalue weighted by molar-refractivity contribution is 0.0101. The van der Waals surface area contributed by atoms with E-state index in [-0.39, 0.29) is 0 Å². The fourth-order valence-electron chi connectivity index (χ4n) is 3.51. The summed E-state index contributed by atoms with van der Waals surface area (Å²) in [5.74, 6) is -0.953. The van der Waals surface area contributed by atoms with Crippen LogP contribution in [0.1, 0.15) is 12.8 Å². The average molecular weight is 252 g/mol. The molecule has 2 heterocycles. The topological polar surface area (TPSA) is 6.48 Å². The number of hydrogen-bond donors (Lipinski definition) is 0. The number of likely N-dealkylation sites (tertiary alicyclic amines) is 1. The second-order valence-corrected chi connectivity index (χ2v) is 5.79. The molecule has 0 bridgehead atoms. The highest BCUT2D eigenvalue weighted by molar-refractivity contribution is 5.48. The molecular weight excluding hydrogens is 234 g/mol. The van der Waals surface area contributed by atoms with Crippen LogP contribution >= 0.6 is 0 Å². The van der Waals surface area contributed by atoms with Crippen LogP contribution in [0.25, 0.3) is 0 Å². The van der Waals surface area contributed by atoms with E-state index in [4.69, 9.17) is 0 Å². The van der Waals surface area contributed by atoms with E-state index in [1.807, 2.05) is 0 Å². The maximum absolute atomic E-state index is 13.8. The highest BCUT2D eigenvalue weighted by atomic mass is 19.1. The number of piperidine rings is 1. The van der Waals surface area contributed by atoms with Crippen molar-refractivity contribution in [1.82, 2.24) is 4.90 Å². The molecule has 0 N–H and O–H groups in total. The molecule has 98 valence electrons. The summed E-state index contributed by atoms with van der Waals surface area (Å²) in [5.41, 5.74) is 0.874. The molecule has 3 rings (SSSR count). The molecule has 0 radical (unpaired) electrons. The molecule has 2 nitrogen and oxygen atoms in total. The lowest BCUT2D eigenvalue weighted by atomic mass is 9.73. The van der Waals surface area contributed by atoms with Gasteiger partial charge in [0.15, 0.2) is 0 Å². The van der Waals surface area contributed by atoms with Crippen molar-refractivity contribution in [3.63, 3.8) is 0 Å². The maximum atomic E-state index is 13.8. The molecule has 4 heteroatoms. The normalized spacial score (nSPS) is 23.2. The molecule has 2 fully saturated rings. The first-order valence-corrected chi connectivity index (χ1v) is 6.47. The molecule has 0 unspecified atom stereocenters. The van der Waals surface area contributed by atoms with Gasteiger partial charge in [-0.25, -0.2) is 8.78 Å². The van der Waals surface area contributed by atoms with Crippen LogP contribution in [0.2, 0.25) is 0 Å². The quantitative estimate of drug-likeness (QED) is 0.757. The second kappa shape index (κ2) is 4.19. The molecule has 1 spiro atoms. The van der Waals surface area contributed by atoms with E-state index in [2.05, 4.69) is 16.8 Å². The smallest absolute Gasteiger partial charge is 0.149 e. The number of halogens is 2. The Morgan fingerprint density at radius 2 is 1.94 bits per heavy atom. The minimum absolute atomic E-state index is 0.327. The highest BCUT2D eigenvalue weighted by Gasteiger charge is 2.44. The lowest BCUT2D eigenvalue weighted by Gasteiger charge is -2.54. The Balaban J connectivity index is 1.80. The summed E-state index contributed by atoms with van der Waals surface area (Å²) in [6, 6.07) is 3.88. The fourth-order valence-corrected chi connectivity index (χ4v) is 3.51. The van der Waals surface area contributed by atoms with Crippen LogP contribution in [0.4, 0.5) is 14.5 Å². The van der Waals surface area contributed by atoms with Crippen molar-refractivity contribution >= 4 is 5.69 Å². The summed E-state index contributed by atoms with van der Waals surface area (Å²) in [7, 11) is 2.11. The third-order valence-electron chi connectivity index (χ3n) is 4.12. The molecule has 0 aliphatic carbocycles. The van der Waals surface area contributed by atoms with Gasteiger partial charge in [0.25, 0.3) is 0 Å². The molecule has 1 aromatic carbocycles. The third kappa shape index (κ3) is 1.99. The zero-order valence-corrected chi connectivity index (χ0v) is 10.6. The van der Waals surface area contributed by atoms with Gasteiger partial charge in [-0.3, -0.25) is 0 Å². The van der Waals surface area contributed by atoms with Gasteiger partial charge in [0.2, 0.25) is 0 Å². The molecular formula is C14H18F2N2. The van der Waals surface area contributed by atoms with Gasteiger partial charge in [-0.2, -0.15) is 0 Å². The van der Waals surface area contributed by atoms with Gasteiger partial charge >= 0.3 is 0 Å². The van der Waals surface area contributed by atoms with Crippen LogP contribution < -0.4 is 4.90 Å². The summed E-state index contributed by atoms with van der Waals surface area (Å²) >= 11 is 0. The summed E-state index contributed by atoms with van der Waals surface area (Å²) in [5, 5.41) is 0. The zero-order valence-electron chi connectivity index (χ0n) is 10.6. The lowest BCUT2D eigenvalue weighted by Crippen LogP contribution is -2.61. The Bertz CT molecular complexity index is 450. The molecule has 1 aromatic rings. The first kappa shape index (κ1) is 11.9. The summed E-state index contributed by atoms with van der Waals surface area (Å²) < 4.78 is 26.7. The van der Waals surface area contributed by atoms with E-state index >= 15 is 0 Å². The van der Waals surface area contributed by atoms with Crippen molar-refractivity contribution in [2.45, 2.75) is 12.8 Å². The molecule has 18 heavy (non-hydrogen) atoms. The predicted octanol–water partition coefficient (Wildman–Crippen LogP) is 2.50. The third-order valence-corrected chi connectivity index (χ3v) is 4.12. The van der Waals surface area contributed by atoms with E-state index in [1.54, 1.807) is 6.07 Å². The van der Waals surface area contributed by atoms with Crippen molar-refractivity contribution in [1.29, 1.82) is 0 Å². The largest absolute Gasteiger partial charge is 0.369 e. The number of hydrogen-bond acceptors (Lipinski definition) is 2. The summed E-state index contributed by atoms with van der Waals surface area (Å²) in [6.07, 6.45) is 2.31. The van der Waals surface area contributed by atoms with E-state index in [0.717, 1.165) is 38.7 Å². The first-order chi connectivity index (χ1) is 8.58. The van der Waals surface area contributed by atoms with Crippen LogP contribution in [0.3, 0.4) is 0 Å². The van der Waals surface area contributed by atoms with Crippen LogP contribution in [0, 0.1) is 17.0 Å². The van der Waals surface area contributed by atoms with Gasteiger partial charge in [0, 0.05) is 37.7 Å². The highest BCUT2D eigenvalue weighted by Crippen LogP contribution is 2.39. The summed E-state index contributed by atoms with van der Waals surface area (Å²) in [4.78, 5) is 4.37. The van der Waals surface area contributed by atoms with E-state index < -0.39 is 11.6 Å². The number of anilines is 1. The van der Waals surface area contributed by atoms with Gasteiger partial charge in [-0.15, -0.1) is 0 Å². The Morgan fingerprint density at radius 1 is 1.17 bits per heavy atom. The standard InChI is InChI=1S/C14H18F2N2/c1-17-8-14(9-17)5-2-6-18(10-14)13-4-3-11(15)7-12(13)16/h3-4,7H,2,5-6,8-10H2,1H3. The van der Waals surface area contributed by atoms with Crippen LogP contribution in [0.5, 0.6) is 0 Å². The van der Waals surface area contributed by atoms with E-state index in [1.165, 1.54) is 12.5 Å². The Kier molecular flexibility index (Phi) is 2.77. The SMILES string of the molecule is CN1CC2(CCCN(c3ccc(F)cc3F)C2)C1. The van der Waals surface area contributed by atoms with E-state index in [0.29, 0.717) is 11.1 Å². The van der Waals surface area contributed by atoms with Crippen LogP contribution in [-0.4, -0.2) is 38.1 Å². The zero-order chi connectivity index (χ0) is 12.8. The second-order valence-electron chi connectivity index (χ2n) is 5.79. The number of nitrogens with zero attached hydrogens (tertiary/aromatic N) is 2. The van der Waals surface area contributed by atoms with Gasteiger partial charge in [0.05, 0.1) is 5.69 Å². The van der Waals surface area contributed by atoms with Crippen LogP contribution in [0.15, 0.2) is 18.2 Å². The molecule has 0 saturated carbocycles. The van der Waals surface area contributed by atoms with Crippen molar-refractivity contribution in [2.75, 3.05) is 38.1 Å². The minimum atomic E-state index is -0.508.